The number of nitrogens with one attached hydrogen (secondary N) is 1. The van der Waals surface area contributed by atoms with Crippen LogP contribution in [0.25, 0.3) is 11.4 Å². The van der Waals surface area contributed by atoms with Gasteiger partial charge in [-0.15, -0.1) is 0 Å². The number of carbonyl (C=O) groups excluding carboxylic acids is 2. The standard InChI is InChI=1S/C27H30FN3O4/c1-2-6-23-25(27(34)29-17-18-7-4-3-5-8-18)30-26(19-9-11-20(28)12-10-19)31(23)14-13-22-15-21(32)16-24(33)35-22/h3-5,7-12,21-22,32H,2,6,13-17H2,1H3,(H,29,34)/t21-,22-/m1/s1. The molecule has 1 amide bonds. The van der Waals surface area contributed by atoms with Gasteiger partial charge in [0.25, 0.3) is 5.91 Å². The molecule has 35 heavy (non-hydrogen) atoms. The van der Waals surface area contributed by atoms with Gasteiger partial charge < -0.3 is 19.7 Å². The molecule has 1 saturated heterocycles. The fourth-order valence-corrected chi connectivity index (χ4v) is 4.39. The van der Waals surface area contributed by atoms with Crippen LogP contribution in [0.15, 0.2) is 54.6 Å². The topological polar surface area (TPSA) is 93.5 Å². The Morgan fingerprint density at radius 1 is 1.20 bits per heavy atom. The van der Waals surface area contributed by atoms with Crippen molar-refractivity contribution in [3.8, 4) is 11.4 Å². The predicted octanol–water partition coefficient (Wildman–Crippen LogP) is 4.03. The Bertz CT molecular complexity index is 1160. The summed E-state index contributed by atoms with van der Waals surface area (Å²) in [7, 11) is 0. The number of aromatic nitrogens is 2. The van der Waals surface area contributed by atoms with E-state index < -0.39 is 18.2 Å². The quantitative estimate of drug-likeness (QED) is 0.452. The molecule has 0 radical (unpaired) electrons. The molecule has 1 fully saturated rings. The number of cyclic esters (lactones) is 1. The van der Waals surface area contributed by atoms with E-state index in [9.17, 15) is 19.1 Å². The molecule has 0 saturated carbocycles. The van der Waals surface area contributed by atoms with Crippen molar-refractivity contribution in [1.82, 2.24) is 14.9 Å². The number of rotatable bonds is 9. The zero-order valence-electron chi connectivity index (χ0n) is 19.7. The van der Waals surface area contributed by atoms with Crippen LogP contribution >= 0.6 is 0 Å². The lowest BCUT2D eigenvalue weighted by atomic mass is 10.0. The van der Waals surface area contributed by atoms with Crippen molar-refractivity contribution in [1.29, 1.82) is 0 Å². The molecule has 0 aliphatic carbocycles. The van der Waals surface area contributed by atoms with E-state index in [-0.39, 0.29) is 18.1 Å². The summed E-state index contributed by atoms with van der Waals surface area (Å²) >= 11 is 0. The Labute approximate surface area is 204 Å². The second kappa shape index (κ2) is 11.3. The van der Waals surface area contributed by atoms with Gasteiger partial charge >= 0.3 is 5.97 Å². The lowest BCUT2D eigenvalue weighted by Gasteiger charge is -2.26. The minimum atomic E-state index is -0.713. The third kappa shape index (κ3) is 6.14. The van der Waals surface area contributed by atoms with Gasteiger partial charge in [0.15, 0.2) is 0 Å². The average molecular weight is 480 g/mol. The lowest BCUT2D eigenvalue weighted by molar-refractivity contribution is -0.160. The molecule has 2 aromatic carbocycles. The molecule has 184 valence electrons. The molecule has 0 spiro atoms. The van der Waals surface area contributed by atoms with Crippen molar-refractivity contribution >= 4 is 11.9 Å². The number of esters is 1. The molecule has 0 bridgehead atoms. The molecular formula is C27H30FN3O4. The minimum Gasteiger partial charge on any atom is -0.462 e. The molecule has 3 aromatic rings. The second-order valence-corrected chi connectivity index (χ2v) is 8.80. The molecule has 2 atom stereocenters. The van der Waals surface area contributed by atoms with Crippen molar-refractivity contribution in [2.45, 2.75) is 64.3 Å². The maximum absolute atomic E-state index is 13.6. The third-order valence-electron chi connectivity index (χ3n) is 6.08. The van der Waals surface area contributed by atoms with E-state index in [2.05, 4.69) is 5.32 Å². The van der Waals surface area contributed by atoms with Gasteiger partial charge in [-0.3, -0.25) is 9.59 Å². The first-order valence-electron chi connectivity index (χ1n) is 12.0. The van der Waals surface area contributed by atoms with Crippen LogP contribution in [0.5, 0.6) is 0 Å². The van der Waals surface area contributed by atoms with E-state index in [1.54, 1.807) is 12.1 Å². The molecule has 0 unspecified atom stereocenters. The predicted molar refractivity (Wildman–Crippen MR) is 129 cm³/mol. The first-order valence-corrected chi connectivity index (χ1v) is 12.0. The number of imidazole rings is 1. The Balaban J connectivity index is 1.64. The molecule has 1 aliphatic rings. The van der Waals surface area contributed by atoms with Gasteiger partial charge in [0.2, 0.25) is 0 Å². The molecular weight excluding hydrogens is 449 g/mol. The molecule has 1 aliphatic heterocycles. The van der Waals surface area contributed by atoms with Crippen LogP contribution in [-0.4, -0.2) is 38.7 Å². The largest absolute Gasteiger partial charge is 0.462 e. The van der Waals surface area contributed by atoms with Crippen LogP contribution in [0, 0.1) is 5.82 Å². The summed E-state index contributed by atoms with van der Waals surface area (Å²) in [6, 6.07) is 15.6. The smallest absolute Gasteiger partial charge is 0.308 e. The molecule has 2 N–H and O–H groups in total. The fourth-order valence-electron chi connectivity index (χ4n) is 4.39. The number of hydrogen-bond acceptors (Lipinski definition) is 5. The van der Waals surface area contributed by atoms with Crippen molar-refractivity contribution in [2.24, 2.45) is 0 Å². The van der Waals surface area contributed by atoms with E-state index >= 15 is 0 Å². The summed E-state index contributed by atoms with van der Waals surface area (Å²) in [6.45, 7) is 2.84. The number of aliphatic hydroxyl groups is 1. The van der Waals surface area contributed by atoms with Gasteiger partial charge in [-0.1, -0.05) is 43.7 Å². The number of amides is 1. The van der Waals surface area contributed by atoms with E-state index in [1.807, 2.05) is 41.8 Å². The SMILES string of the molecule is CCCc1c(C(=O)NCc2ccccc2)nc(-c2ccc(F)cc2)n1CC[C@@H]1C[C@@H](O)CC(=O)O1. The number of aliphatic hydroxyl groups excluding tert-OH is 1. The van der Waals surface area contributed by atoms with E-state index in [0.29, 0.717) is 49.4 Å². The van der Waals surface area contributed by atoms with E-state index in [4.69, 9.17) is 9.72 Å². The second-order valence-electron chi connectivity index (χ2n) is 8.80. The van der Waals surface area contributed by atoms with E-state index in [0.717, 1.165) is 17.7 Å². The van der Waals surface area contributed by atoms with Crippen molar-refractivity contribution < 1.29 is 23.8 Å². The fraction of sp³-hybridized carbons (Fsp3) is 0.370. The maximum atomic E-state index is 13.6. The van der Waals surface area contributed by atoms with Crippen molar-refractivity contribution in [3.05, 3.63) is 77.4 Å². The first-order chi connectivity index (χ1) is 16.9. The Kier molecular flexibility index (Phi) is 7.92. The summed E-state index contributed by atoms with van der Waals surface area (Å²) in [5.74, 6) is -0.489. The summed E-state index contributed by atoms with van der Waals surface area (Å²) in [5, 5.41) is 12.9. The number of carbonyl (C=O) groups is 2. The van der Waals surface area contributed by atoms with Gasteiger partial charge in [0.1, 0.15) is 23.4 Å². The lowest BCUT2D eigenvalue weighted by Crippen LogP contribution is -2.33. The zero-order chi connectivity index (χ0) is 24.8. The Morgan fingerprint density at radius 3 is 2.63 bits per heavy atom. The molecule has 8 heteroatoms. The number of nitrogens with zero attached hydrogens (tertiary/aromatic N) is 2. The highest BCUT2D eigenvalue weighted by Gasteiger charge is 2.28. The first kappa shape index (κ1) is 24.6. The number of halogens is 1. The highest BCUT2D eigenvalue weighted by Crippen LogP contribution is 2.27. The van der Waals surface area contributed by atoms with E-state index in [1.165, 1.54) is 12.1 Å². The van der Waals surface area contributed by atoms with Crippen LogP contribution in [0.4, 0.5) is 4.39 Å². The summed E-state index contributed by atoms with van der Waals surface area (Å²) < 4.78 is 21.0. The maximum Gasteiger partial charge on any atom is 0.308 e. The number of ether oxygens (including phenoxy) is 1. The Hall–Kier alpha value is -3.52. The number of benzene rings is 2. The number of hydrogen-bond donors (Lipinski definition) is 2. The van der Waals surface area contributed by atoms with Crippen LogP contribution < -0.4 is 5.32 Å². The zero-order valence-corrected chi connectivity index (χ0v) is 19.7. The van der Waals surface area contributed by atoms with Crippen LogP contribution in [-0.2, 0) is 29.0 Å². The molecule has 2 heterocycles. The summed E-state index contributed by atoms with van der Waals surface area (Å²) in [6.07, 6.45) is 1.14. The van der Waals surface area contributed by atoms with Crippen molar-refractivity contribution in [3.63, 3.8) is 0 Å². The van der Waals surface area contributed by atoms with Gasteiger partial charge in [-0.25, -0.2) is 9.37 Å². The minimum absolute atomic E-state index is 0.00915. The highest BCUT2D eigenvalue weighted by molar-refractivity contribution is 5.94. The van der Waals surface area contributed by atoms with Gasteiger partial charge in [0, 0.05) is 31.5 Å². The highest BCUT2D eigenvalue weighted by atomic mass is 19.1. The average Bonchev–Trinajstić information content (AvgIpc) is 3.20. The third-order valence-corrected chi connectivity index (χ3v) is 6.08. The summed E-state index contributed by atoms with van der Waals surface area (Å²) in [4.78, 5) is 29.7. The van der Waals surface area contributed by atoms with Crippen LogP contribution in [0.1, 0.15) is 54.4 Å². The van der Waals surface area contributed by atoms with Gasteiger partial charge in [-0.2, -0.15) is 0 Å². The van der Waals surface area contributed by atoms with Gasteiger partial charge in [0.05, 0.1) is 18.2 Å². The molecule has 7 nitrogen and oxygen atoms in total. The van der Waals surface area contributed by atoms with Crippen LogP contribution in [0.3, 0.4) is 0 Å². The Morgan fingerprint density at radius 2 is 1.94 bits per heavy atom. The summed E-state index contributed by atoms with van der Waals surface area (Å²) in [5.41, 5.74) is 2.78. The molecule has 1 aromatic heterocycles. The van der Waals surface area contributed by atoms with Crippen LogP contribution in [0.2, 0.25) is 0 Å². The molecule has 4 rings (SSSR count). The van der Waals surface area contributed by atoms with Crippen molar-refractivity contribution in [2.75, 3.05) is 0 Å². The van der Waals surface area contributed by atoms with Gasteiger partial charge in [-0.05, 0) is 36.2 Å². The monoisotopic (exact) mass is 479 g/mol. The normalized spacial score (nSPS) is 17.7.